The van der Waals surface area contributed by atoms with Gasteiger partial charge in [0.05, 0.1) is 18.0 Å². The van der Waals surface area contributed by atoms with Gasteiger partial charge in [0.15, 0.2) is 0 Å². The minimum Gasteiger partial charge on any atom is -0.449 e. The number of benzene rings is 2. The molecule has 0 aliphatic heterocycles. The molecule has 0 saturated heterocycles. The van der Waals surface area contributed by atoms with Crippen LogP contribution in [0.1, 0.15) is 32.1 Å². The third-order valence-corrected chi connectivity index (χ3v) is 4.43. The average Bonchev–Trinajstić information content (AvgIpc) is 2.62. The zero-order valence-corrected chi connectivity index (χ0v) is 13.7. The first-order chi connectivity index (χ1) is 11.7. The number of nitrogens with zero attached hydrogens (tertiary/aromatic N) is 1. The van der Waals surface area contributed by atoms with Crippen molar-refractivity contribution in [2.75, 3.05) is 11.5 Å². The molecule has 0 spiro atoms. The lowest BCUT2D eigenvalue weighted by Crippen LogP contribution is -2.29. The van der Waals surface area contributed by atoms with Gasteiger partial charge in [-0.2, -0.15) is 0 Å². The van der Waals surface area contributed by atoms with Crippen molar-refractivity contribution in [3.8, 4) is 0 Å². The quantitative estimate of drug-likeness (QED) is 0.723. The summed E-state index contributed by atoms with van der Waals surface area (Å²) < 4.78 is 19.2. The first-order valence-corrected chi connectivity index (χ1v) is 8.51. The van der Waals surface area contributed by atoms with Crippen LogP contribution in [0.4, 0.5) is 20.6 Å². The molecule has 24 heavy (non-hydrogen) atoms. The predicted octanol–water partition coefficient (Wildman–Crippen LogP) is 5.68. The van der Waals surface area contributed by atoms with E-state index in [9.17, 15) is 9.18 Å². The first kappa shape index (κ1) is 16.5. The number of hydrogen-bond donors (Lipinski definition) is 0. The van der Waals surface area contributed by atoms with E-state index in [0.717, 1.165) is 12.8 Å². The molecular weight excluding hydrogens is 305 g/mol. The van der Waals surface area contributed by atoms with Gasteiger partial charge in [-0.1, -0.05) is 43.5 Å². The van der Waals surface area contributed by atoms with Gasteiger partial charge in [-0.15, -0.1) is 0 Å². The minimum atomic E-state index is -0.461. The maximum absolute atomic E-state index is 13.6. The van der Waals surface area contributed by atoms with Crippen molar-refractivity contribution < 1.29 is 13.9 Å². The second kappa shape index (κ2) is 7.95. The van der Waals surface area contributed by atoms with Gasteiger partial charge >= 0.3 is 6.09 Å². The Morgan fingerprint density at radius 2 is 1.71 bits per heavy atom. The molecule has 3 rings (SSSR count). The zero-order chi connectivity index (χ0) is 16.8. The van der Waals surface area contributed by atoms with Crippen LogP contribution in [0.15, 0.2) is 54.6 Å². The van der Waals surface area contributed by atoms with E-state index in [1.807, 2.05) is 30.3 Å². The van der Waals surface area contributed by atoms with E-state index in [4.69, 9.17) is 4.74 Å². The van der Waals surface area contributed by atoms with Crippen LogP contribution in [-0.2, 0) is 4.74 Å². The third kappa shape index (κ3) is 4.13. The number of amides is 1. The largest absolute Gasteiger partial charge is 0.449 e. The summed E-state index contributed by atoms with van der Waals surface area (Å²) in [5.41, 5.74) is 1.13. The summed E-state index contributed by atoms with van der Waals surface area (Å²) in [7, 11) is 0. The summed E-state index contributed by atoms with van der Waals surface area (Å²) in [5.74, 6) is 0.0568. The molecule has 1 aliphatic carbocycles. The molecule has 3 nitrogen and oxygen atoms in total. The van der Waals surface area contributed by atoms with Crippen molar-refractivity contribution in [1.82, 2.24) is 0 Å². The average molecular weight is 327 g/mol. The molecule has 0 bridgehead atoms. The highest BCUT2D eigenvalue weighted by Crippen LogP contribution is 2.28. The smallest absolute Gasteiger partial charge is 0.418 e. The molecule has 0 atom stereocenters. The molecule has 0 radical (unpaired) electrons. The van der Waals surface area contributed by atoms with Gasteiger partial charge in [-0.25, -0.2) is 14.1 Å². The monoisotopic (exact) mass is 327 g/mol. The van der Waals surface area contributed by atoms with E-state index < -0.39 is 6.09 Å². The molecule has 0 aromatic heterocycles. The van der Waals surface area contributed by atoms with Gasteiger partial charge < -0.3 is 4.74 Å². The van der Waals surface area contributed by atoms with Gasteiger partial charge in [0.25, 0.3) is 0 Å². The number of carbonyl (C=O) groups is 1. The number of ether oxygens (including phenoxy) is 1. The summed E-state index contributed by atoms with van der Waals surface area (Å²) in [5, 5.41) is 0. The van der Waals surface area contributed by atoms with Crippen LogP contribution in [0.25, 0.3) is 0 Å². The number of carbonyl (C=O) groups excluding carboxylic acids is 1. The van der Waals surface area contributed by atoms with Crippen LogP contribution in [-0.4, -0.2) is 12.7 Å². The Morgan fingerprint density at radius 3 is 2.42 bits per heavy atom. The number of hydrogen-bond acceptors (Lipinski definition) is 2. The Balaban J connectivity index is 1.77. The van der Waals surface area contributed by atoms with E-state index in [0.29, 0.717) is 23.9 Å². The summed E-state index contributed by atoms with van der Waals surface area (Å²) in [4.78, 5) is 14.1. The molecular formula is C20H22FNO2. The third-order valence-electron chi connectivity index (χ3n) is 4.43. The van der Waals surface area contributed by atoms with Crippen LogP contribution < -0.4 is 4.90 Å². The highest BCUT2D eigenvalue weighted by molar-refractivity contribution is 5.95. The topological polar surface area (TPSA) is 29.5 Å². The van der Waals surface area contributed by atoms with Crippen molar-refractivity contribution in [3.63, 3.8) is 0 Å². The van der Waals surface area contributed by atoms with E-state index >= 15 is 0 Å². The Bertz CT molecular complexity index is 668. The lowest BCUT2D eigenvalue weighted by Gasteiger charge is -2.25. The molecule has 4 heteroatoms. The number of para-hydroxylation sites is 1. The predicted molar refractivity (Wildman–Crippen MR) is 92.9 cm³/mol. The van der Waals surface area contributed by atoms with Crippen LogP contribution in [0.5, 0.6) is 0 Å². The second-order valence-electron chi connectivity index (χ2n) is 6.23. The molecule has 2 aromatic rings. The maximum atomic E-state index is 13.6. The van der Waals surface area contributed by atoms with Crippen LogP contribution in [0.3, 0.4) is 0 Å². The molecule has 0 N–H and O–H groups in total. The fourth-order valence-corrected chi connectivity index (χ4v) is 3.16. The summed E-state index contributed by atoms with van der Waals surface area (Å²) in [6.45, 7) is 0.428. The Morgan fingerprint density at radius 1 is 1.00 bits per heavy atom. The van der Waals surface area contributed by atoms with Crippen LogP contribution in [0.2, 0.25) is 0 Å². The van der Waals surface area contributed by atoms with Gasteiger partial charge in [-0.05, 0) is 49.1 Å². The highest BCUT2D eigenvalue weighted by atomic mass is 19.1. The fourth-order valence-electron chi connectivity index (χ4n) is 3.16. The maximum Gasteiger partial charge on any atom is 0.418 e. The van der Waals surface area contributed by atoms with Crippen molar-refractivity contribution in [2.24, 2.45) is 5.92 Å². The summed E-state index contributed by atoms with van der Waals surface area (Å²) in [6.07, 6.45) is 5.43. The van der Waals surface area contributed by atoms with Crippen molar-refractivity contribution in [3.05, 3.63) is 60.4 Å². The lowest BCUT2D eigenvalue weighted by atomic mass is 9.90. The molecule has 1 saturated carbocycles. The van der Waals surface area contributed by atoms with Gasteiger partial charge in [0.1, 0.15) is 5.82 Å². The normalized spacial score (nSPS) is 15.0. The zero-order valence-electron chi connectivity index (χ0n) is 13.7. The van der Waals surface area contributed by atoms with E-state index in [1.54, 1.807) is 12.1 Å². The number of halogens is 1. The molecule has 1 fully saturated rings. The second-order valence-corrected chi connectivity index (χ2v) is 6.23. The van der Waals surface area contributed by atoms with Crippen LogP contribution >= 0.6 is 0 Å². The Kier molecular flexibility index (Phi) is 5.47. The van der Waals surface area contributed by atoms with E-state index in [1.165, 1.54) is 36.3 Å². The lowest BCUT2D eigenvalue weighted by molar-refractivity contribution is 0.124. The van der Waals surface area contributed by atoms with Crippen molar-refractivity contribution >= 4 is 17.5 Å². The van der Waals surface area contributed by atoms with Crippen molar-refractivity contribution in [2.45, 2.75) is 32.1 Å². The first-order valence-electron chi connectivity index (χ1n) is 8.51. The molecule has 1 aliphatic rings. The molecule has 0 unspecified atom stereocenters. The van der Waals surface area contributed by atoms with Gasteiger partial charge in [0.2, 0.25) is 0 Å². The Labute approximate surface area is 142 Å². The van der Waals surface area contributed by atoms with E-state index in [2.05, 4.69) is 0 Å². The molecule has 0 heterocycles. The standard InChI is InChI=1S/C20H22FNO2/c21-17-10-7-13-19(14-17)22(18-11-5-2-6-12-18)20(23)24-15-16-8-3-1-4-9-16/h2,5-7,10-14,16H,1,3-4,8-9,15H2. The van der Waals surface area contributed by atoms with E-state index in [-0.39, 0.29) is 5.82 Å². The molecule has 126 valence electrons. The molecule has 2 aromatic carbocycles. The number of rotatable bonds is 4. The van der Waals surface area contributed by atoms with Gasteiger partial charge in [0, 0.05) is 0 Å². The van der Waals surface area contributed by atoms with Crippen molar-refractivity contribution in [1.29, 1.82) is 0 Å². The summed E-state index contributed by atoms with van der Waals surface area (Å²) >= 11 is 0. The highest BCUT2D eigenvalue weighted by Gasteiger charge is 2.22. The van der Waals surface area contributed by atoms with Crippen LogP contribution in [0, 0.1) is 11.7 Å². The van der Waals surface area contributed by atoms with Gasteiger partial charge in [-0.3, -0.25) is 0 Å². The summed E-state index contributed by atoms with van der Waals surface area (Å²) in [6, 6.07) is 15.2. The molecule has 1 amide bonds. The Hall–Kier alpha value is -2.36. The number of anilines is 2. The SMILES string of the molecule is O=C(OCC1CCCCC1)N(c1ccccc1)c1cccc(F)c1. The minimum absolute atomic E-state index is 0.381. The fraction of sp³-hybridized carbons (Fsp3) is 0.350.